The molecule has 0 aliphatic carbocycles. The van der Waals surface area contributed by atoms with E-state index in [-0.39, 0.29) is 17.2 Å². The maximum Gasteiger partial charge on any atom is 0.434 e. The molecule has 3 heterocycles. The van der Waals surface area contributed by atoms with Crippen molar-refractivity contribution >= 4 is 11.6 Å². The predicted molar refractivity (Wildman–Crippen MR) is 60.0 cm³/mol. The van der Waals surface area contributed by atoms with Crippen LogP contribution in [0.4, 0.5) is 19.1 Å². The Morgan fingerprint density at radius 2 is 2.05 bits per heavy atom. The van der Waals surface area contributed by atoms with Crippen LogP contribution in [-0.4, -0.2) is 24.8 Å². The molecule has 0 saturated carbocycles. The monoisotopic (exact) mass is 268 g/mol. The third-order valence-electron chi connectivity index (χ3n) is 2.59. The third-order valence-corrected chi connectivity index (χ3v) is 2.59. The van der Waals surface area contributed by atoms with Gasteiger partial charge in [-0.05, 0) is 12.1 Å². The van der Waals surface area contributed by atoms with Gasteiger partial charge in [-0.3, -0.25) is 5.10 Å². The number of rotatable bonds is 1. The van der Waals surface area contributed by atoms with Crippen molar-refractivity contribution in [3.8, 4) is 11.1 Å². The van der Waals surface area contributed by atoms with Gasteiger partial charge in [0.15, 0.2) is 11.3 Å². The third kappa shape index (κ3) is 1.79. The highest BCUT2D eigenvalue weighted by atomic mass is 19.4. The number of aromatic amines is 1. The summed E-state index contributed by atoms with van der Waals surface area (Å²) in [7, 11) is 0. The largest absolute Gasteiger partial charge is 0.434 e. The van der Waals surface area contributed by atoms with E-state index < -0.39 is 11.9 Å². The van der Waals surface area contributed by atoms with Crippen molar-refractivity contribution < 1.29 is 13.2 Å². The second-order valence-corrected chi connectivity index (χ2v) is 3.82. The summed E-state index contributed by atoms with van der Waals surface area (Å²) in [5.41, 5.74) is 4.71. The van der Waals surface area contributed by atoms with Gasteiger partial charge in [0.05, 0.1) is 6.20 Å². The molecule has 3 N–H and O–H groups in total. The highest BCUT2D eigenvalue weighted by molar-refractivity contribution is 5.67. The van der Waals surface area contributed by atoms with E-state index in [2.05, 4.69) is 20.3 Å². The predicted octanol–water partition coefficient (Wildman–Crippen LogP) is 1.72. The fraction of sp³-hybridized carbons (Fsp3) is 0.100. The number of nitrogens with zero attached hydrogens (tertiary/aromatic N) is 4. The second kappa shape index (κ2) is 3.70. The van der Waals surface area contributed by atoms with Crippen molar-refractivity contribution in [3.63, 3.8) is 0 Å². The number of nitrogens with two attached hydrogens (primary N) is 1. The van der Waals surface area contributed by atoms with Crippen molar-refractivity contribution in [1.82, 2.24) is 24.8 Å². The average molecular weight is 268 g/mol. The van der Waals surface area contributed by atoms with Crippen LogP contribution in [0.3, 0.4) is 0 Å². The molecule has 0 amide bonds. The van der Waals surface area contributed by atoms with E-state index in [0.717, 1.165) is 0 Å². The first-order chi connectivity index (χ1) is 8.97. The SMILES string of the molecule is Nc1nc2ccc(-c3cn[nH]c3)c(C(F)(F)F)n2n1. The molecule has 0 atom stereocenters. The smallest absolute Gasteiger partial charge is 0.366 e. The van der Waals surface area contributed by atoms with Gasteiger partial charge in [-0.2, -0.15) is 23.3 Å². The molecule has 6 nitrogen and oxygen atoms in total. The summed E-state index contributed by atoms with van der Waals surface area (Å²) >= 11 is 0. The lowest BCUT2D eigenvalue weighted by molar-refractivity contribution is -0.142. The van der Waals surface area contributed by atoms with Crippen LogP contribution in [0.5, 0.6) is 0 Å². The van der Waals surface area contributed by atoms with E-state index in [1.165, 1.54) is 24.5 Å². The van der Waals surface area contributed by atoms with Crippen LogP contribution in [0.2, 0.25) is 0 Å². The molecule has 0 fully saturated rings. The van der Waals surface area contributed by atoms with E-state index in [9.17, 15) is 13.2 Å². The summed E-state index contributed by atoms with van der Waals surface area (Å²) in [5, 5.41) is 9.70. The fourth-order valence-electron chi connectivity index (χ4n) is 1.87. The molecule has 3 aromatic heterocycles. The van der Waals surface area contributed by atoms with Crippen LogP contribution >= 0.6 is 0 Å². The maximum absolute atomic E-state index is 13.2. The fourth-order valence-corrected chi connectivity index (χ4v) is 1.87. The van der Waals surface area contributed by atoms with Gasteiger partial charge in [0.25, 0.3) is 0 Å². The zero-order valence-electron chi connectivity index (χ0n) is 9.31. The summed E-state index contributed by atoms with van der Waals surface area (Å²) in [6, 6.07) is 2.73. The highest BCUT2D eigenvalue weighted by Gasteiger charge is 2.38. The lowest BCUT2D eigenvalue weighted by Crippen LogP contribution is -2.14. The molecule has 0 spiro atoms. The minimum atomic E-state index is -4.59. The van der Waals surface area contributed by atoms with Crippen LogP contribution in [0.1, 0.15) is 5.69 Å². The van der Waals surface area contributed by atoms with Crippen LogP contribution < -0.4 is 5.73 Å². The average Bonchev–Trinajstić information content (AvgIpc) is 2.92. The number of nitrogens with one attached hydrogen (secondary N) is 1. The van der Waals surface area contributed by atoms with Crippen molar-refractivity contribution in [2.75, 3.05) is 5.73 Å². The van der Waals surface area contributed by atoms with Gasteiger partial charge in [-0.15, -0.1) is 5.10 Å². The van der Waals surface area contributed by atoms with Gasteiger partial charge in [0, 0.05) is 17.3 Å². The first-order valence-electron chi connectivity index (χ1n) is 5.18. The number of anilines is 1. The van der Waals surface area contributed by atoms with E-state index >= 15 is 0 Å². The van der Waals surface area contributed by atoms with Gasteiger partial charge in [-0.25, -0.2) is 4.52 Å². The van der Waals surface area contributed by atoms with Gasteiger partial charge < -0.3 is 5.73 Å². The number of nitrogen functional groups attached to an aromatic ring is 1. The molecule has 3 aromatic rings. The zero-order valence-corrected chi connectivity index (χ0v) is 9.31. The van der Waals surface area contributed by atoms with E-state index in [4.69, 9.17) is 5.73 Å². The number of pyridine rings is 1. The number of halogens is 3. The molecule has 19 heavy (non-hydrogen) atoms. The minimum Gasteiger partial charge on any atom is -0.366 e. The summed E-state index contributed by atoms with van der Waals surface area (Å²) in [6.45, 7) is 0. The zero-order chi connectivity index (χ0) is 13.6. The summed E-state index contributed by atoms with van der Waals surface area (Å²) in [4.78, 5) is 3.72. The lowest BCUT2D eigenvalue weighted by atomic mass is 10.1. The maximum atomic E-state index is 13.2. The second-order valence-electron chi connectivity index (χ2n) is 3.82. The first-order valence-corrected chi connectivity index (χ1v) is 5.18. The summed E-state index contributed by atoms with van der Waals surface area (Å²) < 4.78 is 40.4. The molecule has 0 aliphatic heterocycles. The Bertz CT molecular complexity index is 728. The van der Waals surface area contributed by atoms with Crippen LogP contribution in [0, 0.1) is 0 Å². The standard InChI is InChI=1S/C10H7F3N6/c11-10(12,13)8-6(5-3-15-16-4-5)1-2-7-17-9(14)18-19(7)8/h1-4H,(H2,14,18)(H,15,16). The van der Waals surface area contributed by atoms with Crippen molar-refractivity contribution in [3.05, 3.63) is 30.2 Å². The number of H-pyrrole nitrogens is 1. The van der Waals surface area contributed by atoms with Crippen LogP contribution in [0.25, 0.3) is 16.8 Å². The lowest BCUT2D eigenvalue weighted by Gasteiger charge is -2.12. The Morgan fingerprint density at radius 3 is 2.68 bits per heavy atom. The Hall–Kier alpha value is -2.58. The number of alkyl halides is 3. The Balaban J connectivity index is 2.39. The molecule has 98 valence electrons. The van der Waals surface area contributed by atoms with E-state index in [1.54, 1.807) is 0 Å². The first kappa shape index (κ1) is 11.5. The molecule has 0 saturated heterocycles. The summed E-state index contributed by atoms with van der Waals surface area (Å²) in [5.74, 6) is -0.213. The van der Waals surface area contributed by atoms with Gasteiger partial charge >= 0.3 is 6.18 Å². The van der Waals surface area contributed by atoms with Gasteiger partial charge in [0.1, 0.15) is 0 Å². The van der Waals surface area contributed by atoms with Crippen molar-refractivity contribution in [2.45, 2.75) is 6.18 Å². The molecule has 3 rings (SSSR count). The molecule has 0 bridgehead atoms. The Morgan fingerprint density at radius 1 is 1.26 bits per heavy atom. The molecule has 0 aliphatic rings. The van der Waals surface area contributed by atoms with Crippen LogP contribution in [-0.2, 0) is 6.18 Å². The molecular formula is C10H7F3N6. The highest BCUT2D eigenvalue weighted by Crippen LogP contribution is 2.36. The molecule has 0 radical (unpaired) electrons. The summed E-state index contributed by atoms with van der Waals surface area (Å²) in [6.07, 6.45) is -1.92. The van der Waals surface area contributed by atoms with Crippen molar-refractivity contribution in [1.29, 1.82) is 0 Å². The van der Waals surface area contributed by atoms with Gasteiger partial charge in [0.2, 0.25) is 5.95 Å². The van der Waals surface area contributed by atoms with Gasteiger partial charge in [-0.1, -0.05) is 0 Å². The molecule has 9 heteroatoms. The number of hydrogen-bond acceptors (Lipinski definition) is 4. The van der Waals surface area contributed by atoms with E-state index in [0.29, 0.717) is 10.1 Å². The quantitative estimate of drug-likeness (QED) is 0.703. The number of aromatic nitrogens is 5. The minimum absolute atomic E-state index is 0.0390. The van der Waals surface area contributed by atoms with Crippen LogP contribution in [0.15, 0.2) is 24.5 Å². The number of hydrogen-bond donors (Lipinski definition) is 2. The van der Waals surface area contributed by atoms with E-state index in [1.807, 2.05) is 0 Å². The van der Waals surface area contributed by atoms with Crippen molar-refractivity contribution in [2.24, 2.45) is 0 Å². The Labute approximate surface area is 104 Å². The topological polar surface area (TPSA) is 84.9 Å². The number of fused-ring (bicyclic) bond motifs is 1. The normalized spacial score (nSPS) is 12.2. The Kier molecular flexibility index (Phi) is 2.24. The molecule has 0 aromatic carbocycles. The molecule has 0 unspecified atom stereocenters. The molecular weight excluding hydrogens is 261 g/mol.